The van der Waals surface area contributed by atoms with E-state index >= 15 is 0 Å². The van der Waals surface area contributed by atoms with E-state index in [0.29, 0.717) is 0 Å². The Hall–Kier alpha value is -1.52. The van der Waals surface area contributed by atoms with E-state index in [1.807, 2.05) is 48.5 Å². The molecule has 3 aliphatic rings. The van der Waals surface area contributed by atoms with Gasteiger partial charge in [-0.25, -0.2) is 0 Å². The zero-order valence-corrected chi connectivity index (χ0v) is 13.2. The Kier molecular flexibility index (Phi) is 2.65. The Labute approximate surface area is 136 Å². The first-order valence-corrected chi connectivity index (χ1v) is 9.10. The molecule has 1 fully saturated rings. The molecule has 4 unspecified atom stereocenters. The van der Waals surface area contributed by atoms with Gasteiger partial charge in [-0.3, -0.25) is 9.59 Å². The molecule has 5 rings (SSSR count). The molecule has 2 nitrogen and oxygen atoms in total. The summed E-state index contributed by atoms with van der Waals surface area (Å²) in [6.45, 7) is 0. The van der Waals surface area contributed by atoms with E-state index in [1.165, 1.54) is 0 Å². The number of benzene rings is 2. The quantitative estimate of drug-likeness (QED) is 0.741. The van der Waals surface area contributed by atoms with Crippen LogP contribution in [0.1, 0.15) is 23.0 Å². The van der Waals surface area contributed by atoms with Gasteiger partial charge in [0.25, 0.3) is 0 Å². The third kappa shape index (κ3) is 1.54. The molecule has 1 saturated carbocycles. The highest BCUT2D eigenvalue weighted by Crippen LogP contribution is 2.58. The smallest absolute Gasteiger partial charge is 0.156 e. The molecule has 2 aromatic carbocycles. The lowest BCUT2D eigenvalue weighted by Crippen LogP contribution is -2.45. The Morgan fingerprint density at radius 1 is 0.636 bits per heavy atom. The van der Waals surface area contributed by atoms with Crippen LogP contribution in [-0.4, -0.2) is 22.1 Å². The zero-order valence-electron chi connectivity index (χ0n) is 11.6. The second-order valence-corrected chi connectivity index (χ2v) is 8.28. The van der Waals surface area contributed by atoms with Crippen molar-refractivity contribution in [3.05, 3.63) is 59.7 Å². The maximum absolute atomic E-state index is 13.1. The first-order valence-electron chi connectivity index (χ1n) is 7.34. The molecular weight excluding hydrogens is 312 g/mol. The molecule has 0 amide bonds. The molecule has 2 aromatic rings. The van der Waals surface area contributed by atoms with Gasteiger partial charge in [0.15, 0.2) is 11.6 Å². The molecule has 1 aliphatic carbocycles. The second-order valence-electron chi connectivity index (χ2n) is 5.91. The summed E-state index contributed by atoms with van der Waals surface area (Å²) in [5.41, 5.74) is 2.09. The van der Waals surface area contributed by atoms with E-state index in [4.69, 9.17) is 0 Å². The first-order chi connectivity index (χ1) is 10.8. The fourth-order valence-corrected chi connectivity index (χ4v) is 6.71. The van der Waals surface area contributed by atoms with Crippen molar-refractivity contribution in [2.45, 2.75) is 32.1 Å². The Morgan fingerprint density at radius 2 is 1.05 bits per heavy atom. The van der Waals surface area contributed by atoms with Crippen LogP contribution >= 0.6 is 23.5 Å². The average molecular weight is 324 g/mol. The Balaban J connectivity index is 1.65. The van der Waals surface area contributed by atoms with Crippen LogP contribution in [0.5, 0.6) is 0 Å². The number of ketones is 2. The summed E-state index contributed by atoms with van der Waals surface area (Å²) < 4.78 is 0. The van der Waals surface area contributed by atoms with Gasteiger partial charge in [0.1, 0.15) is 0 Å². The zero-order chi connectivity index (χ0) is 14.8. The third-order valence-corrected chi connectivity index (χ3v) is 7.56. The molecule has 0 saturated heterocycles. The van der Waals surface area contributed by atoms with Crippen LogP contribution in [0, 0.1) is 0 Å². The fraction of sp³-hybridized carbons (Fsp3) is 0.222. The Bertz CT molecular complexity index is 760. The van der Waals surface area contributed by atoms with Crippen LogP contribution < -0.4 is 0 Å². The summed E-state index contributed by atoms with van der Waals surface area (Å²) in [4.78, 5) is 28.3. The maximum atomic E-state index is 13.1. The highest BCUT2D eigenvalue weighted by atomic mass is 32.2. The molecule has 2 aliphatic heterocycles. The lowest BCUT2D eigenvalue weighted by Gasteiger charge is -2.31. The maximum Gasteiger partial charge on any atom is 0.156 e. The molecular formula is C18H12O2S2. The van der Waals surface area contributed by atoms with Gasteiger partial charge in [0.2, 0.25) is 0 Å². The second kappa shape index (κ2) is 4.49. The van der Waals surface area contributed by atoms with E-state index in [9.17, 15) is 9.59 Å². The van der Waals surface area contributed by atoms with E-state index in [0.717, 1.165) is 20.9 Å². The van der Waals surface area contributed by atoms with Crippen molar-refractivity contribution in [3.63, 3.8) is 0 Å². The van der Waals surface area contributed by atoms with Crippen LogP contribution in [0.3, 0.4) is 0 Å². The number of carbonyl (C=O) groups excluding carboxylic acids is 2. The van der Waals surface area contributed by atoms with Crippen molar-refractivity contribution in [2.24, 2.45) is 0 Å². The van der Waals surface area contributed by atoms with Crippen LogP contribution in [0.2, 0.25) is 0 Å². The summed E-state index contributed by atoms with van der Waals surface area (Å²) >= 11 is 3.15. The lowest BCUT2D eigenvalue weighted by molar-refractivity contribution is -0.130. The fourth-order valence-electron chi connectivity index (χ4n) is 3.83. The minimum atomic E-state index is -0.253. The number of hydrogen-bond donors (Lipinski definition) is 0. The molecule has 0 radical (unpaired) electrons. The first kappa shape index (κ1) is 13.0. The van der Waals surface area contributed by atoms with E-state index < -0.39 is 0 Å². The van der Waals surface area contributed by atoms with Gasteiger partial charge in [-0.05, 0) is 23.3 Å². The van der Waals surface area contributed by atoms with Crippen molar-refractivity contribution in [1.29, 1.82) is 0 Å². The molecule has 0 spiro atoms. The highest BCUT2D eigenvalue weighted by Gasteiger charge is 2.56. The van der Waals surface area contributed by atoms with E-state index in [-0.39, 0.29) is 33.9 Å². The molecule has 2 heterocycles. The average Bonchev–Trinajstić information content (AvgIpc) is 3.12. The summed E-state index contributed by atoms with van der Waals surface area (Å²) in [5, 5.41) is -0.476. The summed E-state index contributed by atoms with van der Waals surface area (Å²) in [5.74, 6) is -0.0463. The van der Waals surface area contributed by atoms with Gasteiger partial charge in [0, 0.05) is 9.79 Å². The molecule has 0 aromatic heterocycles. The highest BCUT2D eigenvalue weighted by molar-refractivity contribution is 8.02. The van der Waals surface area contributed by atoms with Crippen LogP contribution in [0.15, 0.2) is 58.3 Å². The predicted octanol–water partition coefficient (Wildman–Crippen LogP) is 3.65. The van der Waals surface area contributed by atoms with Gasteiger partial charge in [-0.15, -0.1) is 23.5 Å². The molecule has 0 N–H and O–H groups in total. The lowest BCUT2D eigenvalue weighted by atomic mass is 9.74. The van der Waals surface area contributed by atoms with Gasteiger partial charge < -0.3 is 0 Å². The number of fused-ring (bicyclic) bond motifs is 6. The number of Topliss-reactive ketones (excluding diaryl/α,β-unsaturated/α-hetero) is 2. The van der Waals surface area contributed by atoms with Crippen LogP contribution in [-0.2, 0) is 9.59 Å². The number of thioether (sulfide) groups is 2. The summed E-state index contributed by atoms with van der Waals surface area (Å²) in [6.07, 6.45) is 0. The van der Waals surface area contributed by atoms with Crippen LogP contribution in [0.4, 0.5) is 0 Å². The minimum absolute atomic E-state index is 0.230. The molecule has 108 valence electrons. The van der Waals surface area contributed by atoms with Crippen molar-refractivity contribution in [1.82, 2.24) is 0 Å². The molecule has 4 heteroatoms. The topological polar surface area (TPSA) is 34.1 Å². The van der Waals surface area contributed by atoms with E-state index in [2.05, 4.69) is 0 Å². The molecule has 4 atom stereocenters. The molecule has 22 heavy (non-hydrogen) atoms. The predicted molar refractivity (Wildman–Crippen MR) is 87.7 cm³/mol. The van der Waals surface area contributed by atoms with Crippen molar-refractivity contribution in [3.8, 4) is 0 Å². The van der Waals surface area contributed by atoms with Crippen molar-refractivity contribution < 1.29 is 9.59 Å². The summed E-state index contributed by atoms with van der Waals surface area (Å²) in [7, 11) is 0. The van der Waals surface area contributed by atoms with Gasteiger partial charge in [0.05, 0.1) is 22.3 Å². The van der Waals surface area contributed by atoms with Gasteiger partial charge in [-0.2, -0.15) is 0 Å². The van der Waals surface area contributed by atoms with E-state index in [1.54, 1.807) is 23.5 Å². The normalized spacial score (nSPS) is 31.5. The third-order valence-electron chi connectivity index (χ3n) is 4.80. The monoisotopic (exact) mass is 324 g/mol. The number of hydrogen-bond acceptors (Lipinski definition) is 4. The van der Waals surface area contributed by atoms with Crippen molar-refractivity contribution >= 4 is 35.1 Å². The number of carbonyl (C=O) groups is 2. The largest absolute Gasteiger partial charge is 0.298 e. The Morgan fingerprint density at radius 3 is 1.50 bits per heavy atom. The van der Waals surface area contributed by atoms with Gasteiger partial charge >= 0.3 is 0 Å². The standard InChI is InChI=1S/C18H12O2S2/c19-15-13-9-5-1-3-7-11(9)21-17(13)16(20)14-10-6-2-4-8-12(10)22-18(14)15/h1-8,13-14,17-18H. The van der Waals surface area contributed by atoms with Gasteiger partial charge in [-0.1, -0.05) is 36.4 Å². The van der Waals surface area contributed by atoms with Crippen LogP contribution in [0.25, 0.3) is 0 Å². The molecule has 0 bridgehead atoms. The summed E-state index contributed by atoms with van der Waals surface area (Å²) in [6, 6.07) is 15.9. The minimum Gasteiger partial charge on any atom is -0.298 e. The number of rotatable bonds is 0. The van der Waals surface area contributed by atoms with Crippen molar-refractivity contribution in [2.75, 3.05) is 0 Å². The SMILES string of the molecule is O=C1C2Sc3ccccc3C2C(=O)C2Sc3ccccc3C12.